The Hall–Kier alpha value is -3.46. The number of fused-ring (bicyclic) bond motifs is 3. The van der Waals surface area contributed by atoms with Gasteiger partial charge in [-0.1, -0.05) is 42.1 Å². The van der Waals surface area contributed by atoms with Gasteiger partial charge in [-0.05, 0) is 34.7 Å². The summed E-state index contributed by atoms with van der Waals surface area (Å²) in [5.74, 6) is 1.05. The van der Waals surface area contributed by atoms with Gasteiger partial charge in [0.15, 0.2) is 0 Å². The van der Waals surface area contributed by atoms with E-state index >= 15 is 0 Å². The first-order chi connectivity index (χ1) is 13.3. The van der Waals surface area contributed by atoms with Crippen LogP contribution < -0.4 is 5.56 Å². The fourth-order valence-electron chi connectivity index (χ4n) is 2.95. The lowest BCUT2D eigenvalue weighted by Crippen LogP contribution is -2.14. The second-order valence-corrected chi connectivity index (χ2v) is 6.83. The van der Waals surface area contributed by atoms with E-state index in [0.29, 0.717) is 16.7 Å². The molecule has 27 heavy (non-hydrogen) atoms. The van der Waals surface area contributed by atoms with Crippen molar-refractivity contribution in [2.45, 2.75) is 10.9 Å². The third kappa shape index (κ3) is 2.77. The molecule has 0 fully saturated rings. The Labute approximate surface area is 156 Å². The fraction of sp³-hybridized carbons (Fsp3) is 0.0556. The average Bonchev–Trinajstić information content (AvgIpc) is 3.31. The summed E-state index contributed by atoms with van der Waals surface area (Å²) in [4.78, 5) is 20.3. The molecular formula is C18H13N7OS. The van der Waals surface area contributed by atoms with E-state index in [-0.39, 0.29) is 5.56 Å². The van der Waals surface area contributed by atoms with Crippen LogP contribution in [0.4, 0.5) is 0 Å². The maximum atomic E-state index is 12.6. The molecule has 8 nitrogen and oxygen atoms in total. The topological polar surface area (TPSA) is 93.8 Å². The number of nitrogens with one attached hydrogen (secondary N) is 1. The first-order valence-corrected chi connectivity index (χ1v) is 9.24. The lowest BCUT2D eigenvalue weighted by atomic mass is 10.3. The Morgan fingerprint density at radius 1 is 1.04 bits per heavy atom. The van der Waals surface area contributed by atoms with Crippen molar-refractivity contribution < 1.29 is 0 Å². The molecule has 3 aromatic heterocycles. The zero-order valence-corrected chi connectivity index (χ0v) is 14.8. The highest BCUT2D eigenvalue weighted by molar-refractivity contribution is 7.98. The molecule has 0 bridgehead atoms. The van der Waals surface area contributed by atoms with Crippen LogP contribution >= 0.6 is 11.8 Å². The van der Waals surface area contributed by atoms with Crippen molar-refractivity contribution in [1.29, 1.82) is 0 Å². The van der Waals surface area contributed by atoms with Gasteiger partial charge in [-0.15, -0.1) is 5.10 Å². The minimum Gasteiger partial charge on any atom is -0.328 e. The van der Waals surface area contributed by atoms with Crippen LogP contribution in [0.15, 0.2) is 70.6 Å². The maximum absolute atomic E-state index is 12.6. The van der Waals surface area contributed by atoms with E-state index in [9.17, 15) is 4.79 Å². The standard InChI is InChI=1S/C18H13N7OS/c26-16-10-12(19-17-20-14-8-4-5-9-15(14)24(16)17)11-27-18-21-22-23-25(18)13-6-2-1-3-7-13/h1-10H,11H2,(H,19,20). The highest BCUT2D eigenvalue weighted by Crippen LogP contribution is 2.22. The number of H-pyrrole nitrogens is 1. The zero-order chi connectivity index (χ0) is 18.2. The third-order valence-corrected chi connectivity index (χ3v) is 5.12. The summed E-state index contributed by atoms with van der Waals surface area (Å²) < 4.78 is 3.25. The van der Waals surface area contributed by atoms with Crippen molar-refractivity contribution in [3.63, 3.8) is 0 Å². The van der Waals surface area contributed by atoms with Crippen LogP contribution in [0.25, 0.3) is 22.5 Å². The summed E-state index contributed by atoms with van der Waals surface area (Å²) in [7, 11) is 0. The smallest absolute Gasteiger partial charge is 0.259 e. The second-order valence-electron chi connectivity index (χ2n) is 5.89. The molecule has 0 unspecified atom stereocenters. The predicted molar refractivity (Wildman–Crippen MR) is 102 cm³/mol. The number of aromatic nitrogens is 7. The Balaban J connectivity index is 1.47. The fourth-order valence-corrected chi connectivity index (χ4v) is 3.74. The van der Waals surface area contributed by atoms with E-state index in [1.54, 1.807) is 15.1 Å². The summed E-state index contributed by atoms with van der Waals surface area (Å²) in [5, 5.41) is 12.5. The number of para-hydroxylation sites is 3. The van der Waals surface area contributed by atoms with Gasteiger partial charge in [0.2, 0.25) is 10.9 Å². The van der Waals surface area contributed by atoms with Crippen LogP contribution in [-0.2, 0) is 5.75 Å². The van der Waals surface area contributed by atoms with Crippen molar-refractivity contribution in [2.24, 2.45) is 0 Å². The normalized spacial score (nSPS) is 11.4. The van der Waals surface area contributed by atoms with Gasteiger partial charge in [0, 0.05) is 17.5 Å². The van der Waals surface area contributed by atoms with Gasteiger partial charge < -0.3 is 4.98 Å². The van der Waals surface area contributed by atoms with Gasteiger partial charge >= 0.3 is 0 Å². The van der Waals surface area contributed by atoms with Crippen LogP contribution in [0.5, 0.6) is 0 Å². The van der Waals surface area contributed by atoms with Crippen LogP contribution in [0.3, 0.4) is 0 Å². The lowest BCUT2D eigenvalue weighted by molar-refractivity contribution is 0.756. The molecule has 0 saturated carbocycles. The zero-order valence-electron chi connectivity index (χ0n) is 14.0. The Morgan fingerprint density at radius 2 is 1.85 bits per heavy atom. The molecule has 0 spiro atoms. The first-order valence-electron chi connectivity index (χ1n) is 8.25. The molecule has 0 saturated heterocycles. The van der Waals surface area contributed by atoms with Crippen molar-refractivity contribution in [3.8, 4) is 5.69 Å². The van der Waals surface area contributed by atoms with Gasteiger partial charge in [0.05, 0.1) is 16.7 Å². The van der Waals surface area contributed by atoms with Crippen LogP contribution in [0.1, 0.15) is 5.69 Å². The quantitative estimate of drug-likeness (QED) is 0.485. The van der Waals surface area contributed by atoms with Crippen molar-refractivity contribution >= 4 is 28.6 Å². The monoisotopic (exact) mass is 375 g/mol. The molecule has 5 rings (SSSR count). The molecule has 3 heterocycles. The van der Waals surface area contributed by atoms with Gasteiger partial charge in [0.25, 0.3) is 5.56 Å². The number of nitrogens with zero attached hydrogens (tertiary/aromatic N) is 6. The minimum atomic E-state index is -0.115. The minimum absolute atomic E-state index is 0.115. The lowest BCUT2D eigenvalue weighted by Gasteiger charge is -2.04. The summed E-state index contributed by atoms with van der Waals surface area (Å²) in [6.45, 7) is 0. The largest absolute Gasteiger partial charge is 0.328 e. The molecule has 5 aromatic rings. The van der Waals surface area contributed by atoms with Crippen LogP contribution in [-0.4, -0.2) is 34.6 Å². The number of hydrogen-bond donors (Lipinski definition) is 1. The highest BCUT2D eigenvalue weighted by Gasteiger charge is 2.12. The van der Waals surface area contributed by atoms with E-state index < -0.39 is 0 Å². The van der Waals surface area contributed by atoms with E-state index in [2.05, 4.69) is 25.5 Å². The van der Waals surface area contributed by atoms with Crippen LogP contribution in [0.2, 0.25) is 0 Å². The van der Waals surface area contributed by atoms with Gasteiger partial charge in [-0.3, -0.25) is 4.79 Å². The number of imidazole rings is 1. The molecule has 1 N–H and O–H groups in total. The molecule has 9 heteroatoms. The summed E-state index contributed by atoms with van der Waals surface area (Å²) in [5.41, 5.74) is 3.10. The molecule has 0 amide bonds. The predicted octanol–water partition coefficient (Wildman–Crippen LogP) is 2.44. The highest BCUT2D eigenvalue weighted by atomic mass is 32.2. The van der Waals surface area contributed by atoms with Crippen molar-refractivity contribution in [2.75, 3.05) is 0 Å². The summed E-state index contributed by atoms with van der Waals surface area (Å²) >= 11 is 1.45. The SMILES string of the molecule is O=c1cc(CSc2nnnn2-c2ccccc2)[nH]c2nc3ccccc3n12. The summed E-state index contributed by atoms with van der Waals surface area (Å²) in [6.07, 6.45) is 0. The van der Waals surface area contributed by atoms with Gasteiger partial charge in [-0.25, -0.2) is 9.38 Å². The summed E-state index contributed by atoms with van der Waals surface area (Å²) in [6, 6.07) is 18.8. The van der Waals surface area contributed by atoms with E-state index in [1.165, 1.54) is 11.8 Å². The first kappa shape index (κ1) is 15.8. The molecule has 0 radical (unpaired) electrons. The molecule has 0 aliphatic carbocycles. The average molecular weight is 375 g/mol. The number of tetrazole rings is 1. The molecule has 2 aromatic carbocycles. The molecule has 132 valence electrons. The maximum Gasteiger partial charge on any atom is 0.259 e. The Morgan fingerprint density at radius 3 is 2.74 bits per heavy atom. The van der Waals surface area contributed by atoms with E-state index in [0.717, 1.165) is 22.4 Å². The van der Waals surface area contributed by atoms with Crippen molar-refractivity contribution in [1.82, 2.24) is 34.6 Å². The number of rotatable bonds is 4. The molecular weight excluding hydrogens is 362 g/mol. The Kier molecular flexibility index (Phi) is 3.72. The number of thioether (sulfide) groups is 1. The van der Waals surface area contributed by atoms with Gasteiger partial charge in [-0.2, -0.15) is 4.68 Å². The number of hydrogen-bond acceptors (Lipinski definition) is 6. The second kappa shape index (κ2) is 6.36. The number of benzene rings is 2. The Bertz CT molecular complexity index is 1310. The third-order valence-electron chi connectivity index (χ3n) is 4.15. The molecule has 0 aliphatic rings. The van der Waals surface area contributed by atoms with E-state index in [4.69, 9.17) is 0 Å². The van der Waals surface area contributed by atoms with E-state index in [1.807, 2.05) is 54.6 Å². The van der Waals surface area contributed by atoms with Gasteiger partial charge in [0.1, 0.15) is 0 Å². The molecule has 0 aliphatic heterocycles. The number of aromatic amines is 1. The van der Waals surface area contributed by atoms with Crippen LogP contribution in [0, 0.1) is 0 Å². The molecule has 0 atom stereocenters. The van der Waals surface area contributed by atoms with Crippen molar-refractivity contribution in [3.05, 3.63) is 76.7 Å².